The third-order valence-corrected chi connectivity index (χ3v) is 12.9. The van der Waals surface area contributed by atoms with Gasteiger partial charge in [-0.05, 0) is 39.5 Å². The Morgan fingerprint density at radius 2 is 1.36 bits per heavy atom. The van der Waals surface area contributed by atoms with Crippen molar-refractivity contribution in [1.82, 2.24) is 15.2 Å². The van der Waals surface area contributed by atoms with E-state index in [9.17, 15) is 18.6 Å². The van der Waals surface area contributed by atoms with Crippen molar-refractivity contribution in [3.05, 3.63) is 213 Å². The number of allylic oxidation sites excluding steroid dienone is 1. The minimum Gasteiger partial charge on any atom is -0.448 e. The Kier molecular flexibility index (Phi) is 12.3. The third-order valence-electron chi connectivity index (χ3n) is 10.4. The molecule has 0 saturated carbocycles. The van der Waals surface area contributed by atoms with Crippen molar-refractivity contribution in [2.24, 2.45) is 5.16 Å². The first-order chi connectivity index (χ1) is 29.8. The summed E-state index contributed by atoms with van der Waals surface area (Å²) in [5, 5.41) is 11.5. The molecule has 0 radical (unpaired) electrons. The normalized spacial score (nSPS) is 17.8. The molecule has 61 heavy (non-hydrogen) atoms. The second kappa shape index (κ2) is 18.3. The van der Waals surface area contributed by atoms with Gasteiger partial charge in [0.1, 0.15) is 35.5 Å². The lowest BCUT2D eigenvalue weighted by atomic mass is 9.77. The monoisotopic (exact) mass is 867 g/mol. The molecular formula is C47H38ClN5O6S2. The number of carbonyl (C=O) groups excluding carboxylic acids is 3. The average molecular weight is 868 g/mol. The molecule has 2 aliphatic heterocycles. The maximum Gasteiger partial charge on any atom is 0.356 e. The number of aromatic nitrogens is 1. The molecule has 1 saturated heterocycles. The van der Waals surface area contributed by atoms with Crippen LogP contribution in [0.25, 0.3) is 0 Å². The third kappa shape index (κ3) is 8.15. The van der Waals surface area contributed by atoms with Crippen molar-refractivity contribution in [2.45, 2.75) is 23.1 Å². The second-order valence-corrected chi connectivity index (χ2v) is 16.6. The van der Waals surface area contributed by atoms with Gasteiger partial charge in [0.2, 0.25) is 0 Å². The largest absolute Gasteiger partial charge is 0.448 e. The molecule has 5 aromatic carbocycles. The highest BCUT2D eigenvalue weighted by Crippen LogP contribution is 2.41. The maximum absolute atomic E-state index is 14.2. The predicted octanol–water partition coefficient (Wildman–Crippen LogP) is 7.65. The van der Waals surface area contributed by atoms with Gasteiger partial charge < -0.3 is 20.2 Å². The van der Waals surface area contributed by atoms with Gasteiger partial charge >= 0.3 is 5.97 Å². The van der Waals surface area contributed by atoms with Crippen molar-refractivity contribution in [1.29, 1.82) is 0 Å². The lowest BCUT2D eigenvalue weighted by molar-refractivity contribution is -0.154. The fraction of sp³-hybridized carbons (Fsp3) is 0.128. The number of fused-ring (bicyclic) bond motifs is 1. The number of hydrogen-bond donors (Lipinski definition) is 2. The van der Waals surface area contributed by atoms with Crippen LogP contribution >= 0.6 is 22.9 Å². The van der Waals surface area contributed by atoms with E-state index in [1.807, 2.05) is 152 Å². The van der Waals surface area contributed by atoms with E-state index in [1.165, 1.54) is 30.1 Å². The smallest absolute Gasteiger partial charge is 0.356 e. The molecule has 3 heterocycles. The molecule has 2 aliphatic rings. The Labute approximate surface area is 363 Å². The lowest BCUT2D eigenvalue weighted by Gasteiger charge is -2.49. The van der Waals surface area contributed by atoms with Crippen LogP contribution in [0, 0.1) is 0 Å². The standard InChI is InChI=1S/C47H38ClN5O6S2/c1-58-52-38(37-29-60-46(49-37)51-47(34-21-11-4-12-22-34,35-23-13-5-14-24-35)36-25-15-6-16-26-36)42(54)50-39-43(55)53-40(33(27-28-48)30-61(57)44(39)53)45(56)59-41(31-17-7-2-8-18-31)32-19-9-3-10-20-32/h2-29,39,41,44H,30H2,1H3,(H,49,51)(H,50,54)/b28-27+,52-38+. The number of thiazole rings is 1. The van der Waals surface area contributed by atoms with E-state index in [2.05, 4.69) is 15.8 Å². The number of carbonyl (C=O) groups is 3. The number of rotatable bonds is 14. The van der Waals surface area contributed by atoms with Crippen molar-refractivity contribution in [2.75, 3.05) is 18.2 Å². The van der Waals surface area contributed by atoms with Crippen molar-refractivity contribution in [3.63, 3.8) is 0 Å². The Hall–Kier alpha value is -6.67. The quantitative estimate of drug-likeness (QED) is 0.0375. The highest BCUT2D eigenvalue weighted by molar-refractivity contribution is 7.86. The van der Waals surface area contributed by atoms with Gasteiger partial charge in [0.15, 0.2) is 16.9 Å². The predicted molar refractivity (Wildman–Crippen MR) is 237 cm³/mol. The molecule has 0 spiro atoms. The summed E-state index contributed by atoms with van der Waals surface area (Å²) in [5.74, 6) is -2.39. The van der Waals surface area contributed by atoms with Crippen molar-refractivity contribution < 1.29 is 28.2 Å². The zero-order chi connectivity index (χ0) is 42.3. The summed E-state index contributed by atoms with van der Waals surface area (Å²) in [5.41, 5.74) is 4.71. The number of β-lactam (4-membered cyclic amide) rings is 1. The van der Waals surface area contributed by atoms with Gasteiger partial charge in [0.25, 0.3) is 11.8 Å². The maximum atomic E-state index is 14.2. The van der Waals surface area contributed by atoms with Crippen molar-refractivity contribution >= 4 is 62.4 Å². The first-order valence-electron chi connectivity index (χ1n) is 19.2. The number of halogens is 1. The Morgan fingerprint density at radius 1 is 0.852 bits per heavy atom. The molecule has 11 nitrogen and oxygen atoms in total. The van der Waals surface area contributed by atoms with Crippen LogP contribution in [0.1, 0.15) is 39.6 Å². The molecule has 2 amide bonds. The fourth-order valence-corrected chi connectivity index (χ4v) is 10.2. The molecule has 3 atom stereocenters. The summed E-state index contributed by atoms with van der Waals surface area (Å²) in [4.78, 5) is 53.3. The van der Waals surface area contributed by atoms with E-state index < -0.39 is 51.6 Å². The second-order valence-electron chi connectivity index (χ2n) is 14.0. The number of hydrogen-bond acceptors (Lipinski definition) is 10. The van der Waals surface area contributed by atoms with E-state index in [-0.39, 0.29) is 28.4 Å². The molecule has 14 heteroatoms. The SMILES string of the molecule is CO/N=C(/C(=O)NC1C(=O)N2C(C(=O)OC(c3ccccc3)c3ccccc3)=C(/C=C/Cl)CS(=O)C12)c1csc(NC(c2ccccc2)(c2ccccc2)c2ccccc2)n1. The molecule has 6 aromatic rings. The molecule has 0 aliphatic carbocycles. The van der Waals surface area contributed by atoms with Gasteiger partial charge in [-0.2, -0.15) is 0 Å². The zero-order valence-electron chi connectivity index (χ0n) is 32.6. The van der Waals surface area contributed by atoms with Gasteiger partial charge in [-0.3, -0.25) is 18.7 Å². The molecule has 1 aromatic heterocycles. The first-order valence-corrected chi connectivity index (χ1v) is 21.9. The number of benzene rings is 5. The minimum atomic E-state index is -1.75. The number of esters is 1. The first kappa shape index (κ1) is 41.1. The average Bonchev–Trinajstić information content (AvgIpc) is 3.77. The summed E-state index contributed by atoms with van der Waals surface area (Å²) >= 11 is 7.24. The van der Waals surface area contributed by atoms with Gasteiger partial charge in [0.05, 0.1) is 16.6 Å². The van der Waals surface area contributed by atoms with Crippen LogP contribution in [0.15, 0.2) is 185 Å². The summed E-state index contributed by atoms with van der Waals surface area (Å²) in [7, 11) is -0.457. The Balaban J connectivity index is 1.06. The van der Waals surface area contributed by atoms with Crippen LogP contribution in [0.5, 0.6) is 0 Å². The van der Waals surface area contributed by atoms with Crippen LogP contribution in [-0.2, 0) is 40.3 Å². The van der Waals surface area contributed by atoms with Crippen LogP contribution in [0.4, 0.5) is 5.13 Å². The van der Waals surface area contributed by atoms with Gasteiger partial charge in [0, 0.05) is 10.9 Å². The Bertz CT molecular complexity index is 2510. The van der Waals surface area contributed by atoms with E-state index in [0.717, 1.165) is 21.6 Å². The number of nitrogens with one attached hydrogen (secondary N) is 2. The summed E-state index contributed by atoms with van der Waals surface area (Å²) < 4.78 is 19.9. The van der Waals surface area contributed by atoms with Crippen LogP contribution in [0.2, 0.25) is 0 Å². The number of oxime groups is 1. The fourth-order valence-electron chi connectivity index (χ4n) is 7.63. The summed E-state index contributed by atoms with van der Waals surface area (Å²) in [6.07, 6.45) is 0.607. The number of anilines is 1. The number of nitrogens with zero attached hydrogens (tertiary/aromatic N) is 3. The summed E-state index contributed by atoms with van der Waals surface area (Å²) in [6.45, 7) is 0. The van der Waals surface area contributed by atoms with Crippen LogP contribution in [-0.4, -0.2) is 61.9 Å². The van der Waals surface area contributed by atoms with Crippen LogP contribution in [0.3, 0.4) is 0 Å². The molecular weight excluding hydrogens is 830 g/mol. The summed E-state index contributed by atoms with van der Waals surface area (Å²) in [6, 6.07) is 47.1. The molecule has 306 valence electrons. The van der Waals surface area contributed by atoms with Gasteiger partial charge in [-0.1, -0.05) is 168 Å². The highest BCUT2D eigenvalue weighted by Gasteiger charge is 2.57. The topological polar surface area (TPSA) is 139 Å². The zero-order valence-corrected chi connectivity index (χ0v) is 35.0. The minimum absolute atomic E-state index is 0.103. The van der Waals surface area contributed by atoms with E-state index >= 15 is 0 Å². The number of amides is 2. The van der Waals surface area contributed by atoms with Gasteiger partial charge in [-0.15, -0.1) is 11.3 Å². The van der Waals surface area contributed by atoms with Gasteiger partial charge in [-0.25, -0.2) is 9.78 Å². The lowest BCUT2D eigenvalue weighted by Crippen LogP contribution is -2.74. The molecule has 0 bridgehead atoms. The number of ether oxygens (including phenoxy) is 1. The van der Waals surface area contributed by atoms with Crippen molar-refractivity contribution in [3.8, 4) is 0 Å². The molecule has 1 fully saturated rings. The van der Waals surface area contributed by atoms with E-state index in [4.69, 9.17) is 26.2 Å². The van der Waals surface area contributed by atoms with E-state index in [1.54, 1.807) is 5.38 Å². The van der Waals surface area contributed by atoms with E-state index in [0.29, 0.717) is 16.3 Å². The molecule has 8 rings (SSSR count). The van der Waals surface area contributed by atoms with Crippen LogP contribution < -0.4 is 10.6 Å². The highest BCUT2D eigenvalue weighted by atomic mass is 35.5. The molecule has 2 N–H and O–H groups in total. The molecule has 3 unspecified atom stereocenters. The Morgan fingerprint density at radius 3 is 1.85 bits per heavy atom.